The Morgan fingerprint density at radius 2 is 1.79 bits per heavy atom. The molecule has 3 nitrogen and oxygen atoms in total. The van der Waals surface area contributed by atoms with Crippen molar-refractivity contribution in [2.45, 2.75) is 52.5 Å². The molecule has 0 atom stereocenters. The van der Waals surface area contributed by atoms with Crippen molar-refractivity contribution in [1.29, 1.82) is 0 Å². The summed E-state index contributed by atoms with van der Waals surface area (Å²) in [6.45, 7) is 9.72. The maximum Gasteiger partial charge on any atom is 0.234 e. The second-order valence-corrected chi connectivity index (χ2v) is 3.99. The van der Waals surface area contributed by atoms with Crippen LogP contribution in [0, 0.1) is 0 Å². The van der Waals surface area contributed by atoms with E-state index in [-0.39, 0.29) is 11.4 Å². The fraction of sp³-hybridized carbons (Fsp3) is 0.909. The van der Waals surface area contributed by atoms with Gasteiger partial charge in [-0.3, -0.25) is 4.79 Å². The summed E-state index contributed by atoms with van der Waals surface area (Å²) >= 11 is 0. The number of hydrogen-bond donors (Lipinski definition) is 2. The van der Waals surface area contributed by atoms with Crippen molar-refractivity contribution in [3.63, 3.8) is 0 Å². The zero-order valence-electron chi connectivity index (χ0n) is 9.94. The summed E-state index contributed by atoms with van der Waals surface area (Å²) in [5, 5.41) is 6.14. The average Bonchev–Trinajstić information content (AvgIpc) is 2.18. The van der Waals surface area contributed by atoms with Crippen LogP contribution in [0.25, 0.3) is 0 Å². The Morgan fingerprint density at radius 3 is 2.21 bits per heavy atom. The molecule has 84 valence electrons. The van der Waals surface area contributed by atoms with E-state index in [1.165, 1.54) is 0 Å². The van der Waals surface area contributed by atoms with Gasteiger partial charge in [-0.1, -0.05) is 20.8 Å². The van der Waals surface area contributed by atoms with Gasteiger partial charge in [0.2, 0.25) is 5.91 Å². The van der Waals surface area contributed by atoms with Gasteiger partial charge in [0.25, 0.3) is 0 Å². The Labute approximate surface area is 87.6 Å². The summed E-state index contributed by atoms with van der Waals surface area (Å²) in [7, 11) is 0. The second-order valence-electron chi connectivity index (χ2n) is 3.99. The Kier molecular flexibility index (Phi) is 6.54. The lowest BCUT2D eigenvalue weighted by molar-refractivity contribution is -0.122. The molecule has 0 saturated heterocycles. The number of amides is 1. The molecule has 14 heavy (non-hydrogen) atoms. The summed E-state index contributed by atoms with van der Waals surface area (Å²) in [6.07, 6.45) is 3.01. The predicted molar refractivity (Wildman–Crippen MR) is 60.3 cm³/mol. The van der Waals surface area contributed by atoms with Gasteiger partial charge in [-0.15, -0.1) is 0 Å². The smallest absolute Gasteiger partial charge is 0.234 e. The molecule has 0 unspecified atom stereocenters. The maximum absolute atomic E-state index is 11.5. The molecule has 1 amide bonds. The van der Waals surface area contributed by atoms with Crippen LogP contribution in [-0.2, 0) is 4.79 Å². The fourth-order valence-corrected chi connectivity index (χ4v) is 1.19. The average molecular weight is 200 g/mol. The molecule has 0 aliphatic rings. The standard InChI is InChI=1S/C11H24N2O/c1-5-8-12-9-10(14)13-11(4,6-2)7-3/h12H,5-9H2,1-4H3,(H,13,14). The van der Waals surface area contributed by atoms with Crippen molar-refractivity contribution in [1.82, 2.24) is 10.6 Å². The van der Waals surface area contributed by atoms with Gasteiger partial charge in [-0.2, -0.15) is 0 Å². The van der Waals surface area contributed by atoms with Gasteiger partial charge >= 0.3 is 0 Å². The molecule has 0 heterocycles. The molecule has 2 N–H and O–H groups in total. The van der Waals surface area contributed by atoms with E-state index in [2.05, 4.69) is 38.3 Å². The summed E-state index contributed by atoms with van der Waals surface area (Å²) in [5.41, 5.74) is -0.0367. The lowest BCUT2D eigenvalue weighted by Gasteiger charge is -2.28. The van der Waals surface area contributed by atoms with Crippen LogP contribution in [0.5, 0.6) is 0 Å². The molecule has 0 radical (unpaired) electrons. The van der Waals surface area contributed by atoms with E-state index in [1.54, 1.807) is 0 Å². The SMILES string of the molecule is CCCNCC(=O)NC(C)(CC)CC. The Hall–Kier alpha value is -0.570. The van der Waals surface area contributed by atoms with Gasteiger partial charge < -0.3 is 10.6 Å². The Bertz CT molecular complexity index is 165. The summed E-state index contributed by atoms with van der Waals surface area (Å²) < 4.78 is 0. The first-order chi connectivity index (χ1) is 6.58. The predicted octanol–water partition coefficient (Wildman–Crippen LogP) is 1.68. The van der Waals surface area contributed by atoms with E-state index in [0.29, 0.717) is 6.54 Å². The number of carbonyl (C=O) groups excluding carboxylic acids is 1. The van der Waals surface area contributed by atoms with E-state index in [0.717, 1.165) is 25.8 Å². The third-order valence-corrected chi connectivity index (χ3v) is 2.71. The van der Waals surface area contributed by atoms with Crippen LogP contribution in [0.1, 0.15) is 47.0 Å². The highest BCUT2D eigenvalue weighted by atomic mass is 16.2. The van der Waals surface area contributed by atoms with Crippen molar-refractivity contribution in [2.75, 3.05) is 13.1 Å². The van der Waals surface area contributed by atoms with E-state index >= 15 is 0 Å². The first kappa shape index (κ1) is 13.4. The lowest BCUT2D eigenvalue weighted by atomic mass is 9.95. The molecule has 0 rings (SSSR count). The number of hydrogen-bond acceptors (Lipinski definition) is 2. The quantitative estimate of drug-likeness (QED) is 0.614. The fourth-order valence-electron chi connectivity index (χ4n) is 1.19. The van der Waals surface area contributed by atoms with Gasteiger partial charge in [-0.25, -0.2) is 0 Å². The normalized spacial score (nSPS) is 11.4. The molecule has 0 aromatic rings. The molecule has 0 aliphatic carbocycles. The molecule has 0 saturated carbocycles. The van der Waals surface area contributed by atoms with Crippen molar-refractivity contribution in [3.8, 4) is 0 Å². The van der Waals surface area contributed by atoms with Crippen molar-refractivity contribution >= 4 is 5.91 Å². The molecule has 0 aliphatic heterocycles. The third kappa shape index (κ3) is 5.22. The first-order valence-electron chi connectivity index (χ1n) is 5.59. The van der Waals surface area contributed by atoms with Crippen LogP contribution < -0.4 is 10.6 Å². The minimum absolute atomic E-state index is 0.0367. The number of rotatable bonds is 7. The summed E-state index contributed by atoms with van der Waals surface area (Å²) in [5.74, 6) is 0.102. The van der Waals surface area contributed by atoms with Gasteiger partial charge in [0.05, 0.1) is 6.54 Å². The highest BCUT2D eigenvalue weighted by molar-refractivity contribution is 5.78. The van der Waals surface area contributed by atoms with Gasteiger partial charge in [-0.05, 0) is 32.7 Å². The largest absolute Gasteiger partial charge is 0.350 e. The highest BCUT2D eigenvalue weighted by Gasteiger charge is 2.21. The molecule has 0 fully saturated rings. The molecular weight excluding hydrogens is 176 g/mol. The van der Waals surface area contributed by atoms with Gasteiger partial charge in [0.15, 0.2) is 0 Å². The molecule has 0 spiro atoms. The summed E-state index contributed by atoms with van der Waals surface area (Å²) in [6, 6.07) is 0. The Morgan fingerprint density at radius 1 is 1.21 bits per heavy atom. The van der Waals surface area contributed by atoms with E-state index in [4.69, 9.17) is 0 Å². The van der Waals surface area contributed by atoms with Crippen molar-refractivity contribution < 1.29 is 4.79 Å². The molecular formula is C11H24N2O. The maximum atomic E-state index is 11.5. The van der Waals surface area contributed by atoms with Gasteiger partial charge in [0.1, 0.15) is 0 Å². The zero-order chi connectivity index (χ0) is 11.0. The molecule has 0 bridgehead atoms. The Balaban J connectivity index is 3.80. The van der Waals surface area contributed by atoms with Crippen LogP contribution in [0.15, 0.2) is 0 Å². The minimum Gasteiger partial charge on any atom is -0.350 e. The van der Waals surface area contributed by atoms with Crippen LogP contribution in [-0.4, -0.2) is 24.5 Å². The third-order valence-electron chi connectivity index (χ3n) is 2.71. The first-order valence-corrected chi connectivity index (χ1v) is 5.59. The van der Waals surface area contributed by atoms with E-state index < -0.39 is 0 Å². The molecule has 0 aromatic heterocycles. The second kappa shape index (κ2) is 6.82. The minimum atomic E-state index is -0.0367. The van der Waals surface area contributed by atoms with Crippen molar-refractivity contribution in [2.24, 2.45) is 0 Å². The van der Waals surface area contributed by atoms with E-state index in [9.17, 15) is 4.79 Å². The van der Waals surface area contributed by atoms with E-state index in [1.807, 2.05) is 0 Å². The monoisotopic (exact) mass is 200 g/mol. The van der Waals surface area contributed by atoms with Crippen molar-refractivity contribution in [3.05, 3.63) is 0 Å². The topological polar surface area (TPSA) is 41.1 Å². The molecule has 3 heteroatoms. The number of carbonyl (C=O) groups is 1. The lowest BCUT2D eigenvalue weighted by Crippen LogP contribution is -2.48. The summed E-state index contributed by atoms with van der Waals surface area (Å²) in [4.78, 5) is 11.5. The van der Waals surface area contributed by atoms with Crippen LogP contribution in [0.2, 0.25) is 0 Å². The van der Waals surface area contributed by atoms with Crippen LogP contribution in [0.3, 0.4) is 0 Å². The highest BCUT2D eigenvalue weighted by Crippen LogP contribution is 2.12. The van der Waals surface area contributed by atoms with Crippen LogP contribution >= 0.6 is 0 Å². The van der Waals surface area contributed by atoms with Crippen LogP contribution in [0.4, 0.5) is 0 Å². The number of nitrogens with one attached hydrogen (secondary N) is 2. The zero-order valence-corrected chi connectivity index (χ0v) is 9.94. The molecule has 0 aromatic carbocycles. The van der Waals surface area contributed by atoms with Gasteiger partial charge in [0, 0.05) is 5.54 Å².